The molecule has 0 bridgehead atoms. The van der Waals surface area contributed by atoms with Gasteiger partial charge in [0.15, 0.2) is 0 Å². The molecule has 1 unspecified atom stereocenters. The van der Waals surface area contributed by atoms with Gasteiger partial charge in [0, 0.05) is 31.4 Å². The summed E-state index contributed by atoms with van der Waals surface area (Å²) in [5.74, 6) is 0. The van der Waals surface area contributed by atoms with Gasteiger partial charge in [-0.2, -0.15) is 0 Å². The van der Waals surface area contributed by atoms with Crippen LogP contribution in [0.4, 0.5) is 4.79 Å². The Hall–Kier alpha value is -1.62. The van der Waals surface area contributed by atoms with E-state index >= 15 is 0 Å². The maximum absolute atomic E-state index is 12.2. The molecular weight excluding hydrogens is 278 g/mol. The lowest BCUT2D eigenvalue weighted by Crippen LogP contribution is -2.49. The van der Waals surface area contributed by atoms with Crippen molar-refractivity contribution in [1.29, 1.82) is 0 Å². The zero-order chi connectivity index (χ0) is 16.2. The highest BCUT2D eigenvalue weighted by atomic mass is 16.6. The average Bonchev–Trinajstić information content (AvgIpc) is 2.46. The van der Waals surface area contributed by atoms with E-state index in [0.717, 1.165) is 25.1 Å². The number of hydrogen-bond donors (Lipinski definition) is 1. The lowest BCUT2D eigenvalue weighted by molar-refractivity contribution is 0.0183. The number of carbonyl (C=O) groups excluding carboxylic acids is 1. The van der Waals surface area contributed by atoms with E-state index in [9.17, 15) is 4.79 Å². The number of piperidine rings is 1. The van der Waals surface area contributed by atoms with Gasteiger partial charge >= 0.3 is 6.09 Å². The smallest absolute Gasteiger partial charge is 0.410 e. The van der Waals surface area contributed by atoms with E-state index in [4.69, 9.17) is 4.74 Å². The third-order valence-electron chi connectivity index (χ3n) is 3.69. The Labute approximate surface area is 133 Å². The summed E-state index contributed by atoms with van der Waals surface area (Å²) in [5.41, 5.74) is 0.579. The number of pyridine rings is 1. The van der Waals surface area contributed by atoms with Crippen LogP contribution in [-0.4, -0.2) is 40.7 Å². The van der Waals surface area contributed by atoms with Gasteiger partial charge in [-0.05, 0) is 52.7 Å². The molecule has 1 saturated heterocycles. The van der Waals surface area contributed by atoms with Crippen molar-refractivity contribution in [1.82, 2.24) is 15.2 Å². The van der Waals surface area contributed by atoms with Gasteiger partial charge in [0.25, 0.3) is 0 Å². The number of amides is 1. The highest BCUT2D eigenvalue weighted by Gasteiger charge is 2.28. The predicted octanol–water partition coefficient (Wildman–Crippen LogP) is 3.13. The lowest BCUT2D eigenvalue weighted by Gasteiger charge is -2.35. The molecule has 22 heavy (non-hydrogen) atoms. The fourth-order valence-corrected chi connectivity index (χ4v) is 2.68. The standard InChI is InChI=1S/C17H27N3O2/c1-13(15-9-5-6-10-18-15)19-14-8-7-11-20(12-14)16(21)22-17(2,3)4/h5-6,9-10,13-14,19H,7-8,11-12H2,1-4H3/t13-,14?/m1/s1. The third-order valence-corrected chi connectivity index (χ3v) is 3.69. The van der Waals surface area contributed by atoms with E-state index < -0.39 is 5.60 Å². The lowest BCUT2D eigenvalue weighted by atomic mass is 10.0. The highest BCUT2D eigenvalue weighted by Crippen LogP contribution is 2.18. The van der Waals surface area contributed by atoms with Gasteiger partial charge in [0.2, 0.25) is 0 Å². The summed E-state index contributed by atoms with van der Waals surface area (Å²) < 4.78 is 5.46. The molecule has 0 aromatic carbocycles. The van der Waals surface area contributed by atoms with E-state index in [0.29, 0.717) is 6.54 Å². The molecule has 0 radical (unpaired) electrons. The maximum Gasteiger partial charge on any atom is 0.410 e. The van der Waals surface area contributed by atoms with Crippen molar-refractivity contribution in [3.05, 3.63) is 30.1 Å². The zero-order valence-corrected chi connectivity index (χ0v) is 14.0. The monoisotopic (exact) mass is 305 g/mol. The molecule has 0 aliphatic carbocycles. The van der Waals surface area contributed by atoms with Crippen LogP contribution in [0.25, 0.3) is 0 Å². The van der Waals surface area contributed by atoms with Gasteiger partial charge in [-0.3, -0.25) is 4.98 Å². The summed E-state index contributed by atoms with van der Waals surface area (Å²) in [6.45, 7) is 9.25. The molecule has 0 spiro atoms. The largest absolute Gasteiger partial charge is 0.444 e. The van der Waals surface area contributed by atoms with E-state index in [1.807, 2.05) is 39.0 Å². The Balaban J connectivity index is 1.89. The molecular formula is C17H27N3O2. The molecule has 1 aliphatic rings. The van der Waals surface area contributed by atoms with Gasteiger partial charge in [-0.1, -0.05) is 6.07 Å². The van der Waals surface area contributed by atoms with Gasteiger partial charge in [-0.15, -0.1) is 0 Å². The normalized spacial score (nSPS) is 20.5. The zero-order valence-electron chi connectivity index (χ0n) is 14.0. The van der Waals surface area contributed by atoms with E-state index in [1.165, 1.54) is 0 Å². The van der Waals surface area contributed by atoms with Crippen LogP contribution in [0, 0.1) is 0 Å². The van der Waals surface area contributed by atoms with Crippen molar-refractivity contribution in [2.24, 2.45) is 0 Å². The minimum atomic E-state index is -0.446. The quantitative estimate of drug-likeness (QED) is 0.932. The molecule has 5 nitrogen and oxygen atoms in total. The summed E-state index contributed by atoms with van der Waals surface area (Å²) in [7, 11) is 0. The van der Waals surface area contributed by atoms with Crippen molar-refractivity contribution in [2.45, 2.75) is 58.2 Å². The fourth-order valence-electron chi connectivity index (χ4n) is 2.68. The maximum atomic E-state index is 12.2. The number of nitrogens with one attached hydrogen (secondary N) is 1. The molecule has 122 valence electrons. The number of hydrogen-bond acceptors (Lipinski definition) is 4. The Morgan fingerprint density at radius 3 is 2.86 bits per heavy atom. The summed E-state index contributed by atoms with van der Waals surface area (Å²) in [5, 5.41) is 3.57. The number of likely N-dealkylation sites (tertiary alicyclic amines) is 1. The number of ether oxygens (including phenoxy) is 1. The van der Waals surface area contributed by atoms with Crippen molar-refractivity contribution in [2.75, 3.05) is 13.1 Å². The molecule has 1 aromatic rings. The van der Waals surface area contributed by atoms with E-state index in [2.05, 4.69) is 17.2 Å². The number of rotatable bonds is 3. The number of carbonyl (C=O) groups is 1. The Morgan fingerprint density at radius 2 is 2.23 bits per heavy atom. The van der Waals surface area contributed by atoms with Crippen molar-refractivity contribution >= 4 is 6.09 Å². The second kappa shape index (κ2) is 7.09. The van der Waals surface area contributed by atoms with Crippen LogP contribution in [0.3, 0.4) is 0 Å². The number of nitrogens with zero attached hydrogens (tertiary/aromatic N) is 2. The van der Waals surface area contributed by atoms with Gasteiger partial charge < -0.3 is 15.0 Å². The van der Waals surface area contributed by atoms with Crippen LogP contribution in [0.5, 0.6) is 0 Å². The van der Waals surface area contributed by atoms with Gasteiger partial charge in [0.05, 0.1) is 5.69 Å². The molecule has 2 rings (SSSR count). The molecule has 0 saturated carbocycles. The van der Waals surface area contributed by atoms with Crippen LogP contribution in [0.15, 0.2) is 24.4 Å². The van der Waals surface area contributed by atoms with Crippen molar-refractivity contribution in [3.8, 4) is 0 Å². The molecule has 1 amide bonds. The molecule has 5 heteroatoms. The SMILES string of the molecule is C[C@@H](NC1CCCN(C(=O)OC(C)(C)C)C1)c1ccccn1. The van der Waals surface area contributed by atoms with E-state index in [1.54, 1.807) is 11.1 Å². The molecule has 1 N–H and O–H groups in total. The first-order valence-corrected chi connectivity index (χ1v) is 8.00. The van der Waals surface area contributed by atoms with Crippen LogP contribution in [0.1, 0.15) is 52.3 Å². The second-order valence-corrected chi connectivity index (χ2v) is 6.91. The van der Waals surface area contributed by atoms with Gasteiger partial charge in [0.1, 0.15) is 5.60 Å². The van der Waals surface area contributed by atoms with Crippen molar-refractivity contribution in [3.63, 3.8) is 0 Å². The molecule has 1 aliphatic heterocycles. The molecule has 2 heterocycles. The Morgan fingerprint density at radius 1 is 1.45 bits per heavy atom. The molecule has 2 atom stereocenters. The average molecular weight is 305 g/mol. The first kappa shape index (κ1) is 16.7. The highest BCUT2D eigenvalue weighted by molar-refractivity contribution is 5.68. The van der Waals surface area contributed by atoms with Crippen LogP contribution in [-0.2, 0) is 4.74 Å². The Bertz CT molecular complexity index is 484. The third kappa shape index (κ3) is 4.98. The topological polar surface area (TPSA) is 54.5 Å². The minimum absolute atomic E-state index is 0.171. The minimum Gasteiger partial charge on any atom is -0.444 e. The first-order valence-electron chi connectivity index (χ1n) is 8.00. The summed E-state index contributed by atoms with van der Waals surface area (Å²) in [6.07, 6.45) is 3.65. The fraction of sp³-hybridized carbons (Fsp3) is 0.647. The second-order valence-electron chi connectivity index (χ2n) is 6.91. The van der Waals surface area contributed by atoms with Crippen LogP contribution in [0.2, 0.25) is 0 Å². The summed E-state index contributed by atoms with van der Waals surface area (Å²) in [4.78, 5) is 18.4. The van der Waals surface area contributed by atoms with Crippen molar-refractivity contribution < 1.29 is 9.53 Å². The van der Waals surface area contributed by atoms with Crippen LogP contribution >= 0.6 is 0 Å². The van der Waals surface area contributed by atoms with E-state index in [-0.39, 0.29) is 18.2 Å². The van der Waals surface area contributed by atoms with Crippen LogP contribution < -0.4 is 5.32 Å². The van der Waals surface area contributed by atoms with Gasteiger partial charge in [-0.25, -0.2) is 4.79 Å². The predicted molar refractivity (Wildman–Crippen MR) is 86.6 cm³/mol. The summed E-state index contributed by atoms with van der Waals surface area (Å²) in [6, 6.07) is 6.38. The number of aromatic nitrogens is 1. The molecule has 1 aromatic heterocycles. The molecule has 1 fully saturated rings. The first-order chi connectivity index (χ1) is 10.3. The summed E-state index contributed by atoms with van der Waals surface area (Å²) >= 11 is 0. The Kier molecular flexibility index (Phi) is 5.40.